The predicted molar refractivity (Wildman–Crippen MR) is 142 cm³/mol. The molecule has 1 aromatic rings. The van der Waals surface area contributed by atoms with Crippen molar-refractivity contribution in [2.45, 2.75) is 65.3 Å². The summed E-state index contributed by atoms with van der Waals surface area (Å²) in [6.07, 6.45) is 6.78. The number of nitrogens with one attached hydrogen (secondary N) is 2. The van der Waals surface area contributed by atoms with E-state index in [0.717, 1.165) is 19.4 Å². The van der Waals surface area contributed by atoms with E-state index in [2.05, 4.69) is 27.5 Å². The van der Waals surface area contributed by atoms with Gasteiger partial charge in [0.05, 0.1) is 20.3 Å². The van der Waals surface area contributed by atoms with E-state index in [9.17, 15) is 14.4 Å². The number of carbonyl (C=O) groups is 3. The van der Waals surface area contributed by atoms with Crippen LogP contribution in [0.4, 0.5) is 0 Å². The van der Waals surface area contributed by atoms with Gasteiger partial charge in [-0.25, -0.2) is 0 Å². The molecule has 3 rings (SSSR count). The summed E-state index contributed by atoms with van der Waals surface area (Å²) < 4.78 is 9.84. The van der Waals surface area contributed by atoms with E-state index in [4.69, 9.17) is 4.74 Å². The molecular formula is C28H47N3O5. The molecule has 0 unspecified atom stereocenters. The predicted octanol–water partition coefficient (Wildman–Crippen LogP) is 3.54. The highest BCUT2D eigenvalue weighted by Gasteiger charge is 2.29. The molecule has 36 heavy (non-hydrogen) atoms. The van der Waals surface area contributed by atoms with Crippen molar-refractivity contribution in [3.05, 3.63) is 35.9 Å². The topological polar surface area (TPSA) is 97.0 Å². The van der Waals surface area contributed by atoms with Crippen LogP contribution in [-0.2, 0) is 30.4 Å². The Balaban J connectivity index is 0.000000491. The van der Waals surface area contributed by atoms with Gasteiger partial charge in [-0.15, -0.1) is 0 Å². The summed E-state index contributed by atoms with van der Waals surface area (Å²) in [6.45, 7) is 7.07. The zero-order valence-corrected chi connectivity index (χ0v) is 22.7. The Morgan fingerprint density at radius 2 is 1.69 bits per heavy atom. The van der Waals surface area contributed by atoms with Crippen LogP contribution in [0.15, 0.2) is 30.3 Å². The fourth-order valence-electron chi connectivity index (χ4n) is 4.44. The number of morpholine rings is 1. The highest BCUT2D eigenvalue weighted by molar-refractivity contribution is 5.87. The SMILES string of the molecule is CC.CNCc1ccccc1.COC(=O)CNC(=O)[C@@H](CC(=O)N1CCOCC1)CC1CCCCC1. The molecule has 8 nitrogen and oxygen atoms in total. The second kappa shape index (κ2) is 19.7. The fraction of sp³-hybridized carbons (Fsp3) is 0.679. The van der Waals surface area contributed by atoms with Crippen molar-refractivity contribution >= 4 is 17.8 Å². The average molecular weight is 506 g/mol. The molecule has 2 aliphatic rings. The highest BCUT2D eigenvalue weighted by Crippen LogP contribution is 2.30. The van der Waals surface area contributed by atoms with Crippen molar-refractivity contribution in [2.24, 2.45) is 11.8 Å². The Bertz CT molecular complexity index is 732. The lowest BCUT2D eigenvalue weighted by molar-refractivity contribution is -0.142. The molecule has 1 saturated heterocycles. The monoisotopic (exact) mass is 505 g/mol. The number of amides is 2. The van der Waals surface area contributed by atoms with Gasteiger partial charge in [-0.2, -0.15) is 0 Å². The van der Waals surface area contributed by atoms with Gasteiger partial charge in [0.15, 0.2) is 0 Å². The third-order valence-corrected chi connectivity index (χ3v) is 6.36. The Morgan fingerprint density at radius 1 is 1.06 bits per heavy atom. The molecular weight excluding hydrogens is 458 g/mol. The van der Waals surface area contributed by atoms with Crippen LogP contribution in [0.5, 0.6) is 0 Å². The summed E-state index contributed by atoms with van der Waals surface area (Å²) in [6, 6.07) is 10.3. The first-order chi connectivity index (χ1) is 17.5. The van der Waals surface area contributed by atoms with E-state index < -0.39 is 5.97 Å². The molecule has 1 heterocycles. The molecule has 2 fully saturated rings. The van der Waals surface area contributed by atoms with Gasteiger partial charge in [0, 0.05) is 32.0 Å². The maximum absolute atomic E-state index is 12.5. The number of benzene rings is 1. The minimum Gasteiger partial charge on any atom is -0.468 e. The van der Waals surface area contributed by atoms with E-state index >= 15 is 0 Å². The fourth-order valence-corrected chi connectivity index (χ4v) is 4.44. The Hall–Kier alpha value is -2.45. The quantitative estimate of drug-likeness (QED) is 0.498. The number of hydrogen-bond acceptors (Lipinski definition) is 6. The molecule has 1 atom stereocenters. The molecule has 1 saturated carbocycles. The summed E-state index contributed by atoms with van der Waals surface area (Å²) in [5.74, 6) is -0.609. The summed E-state index contributed by atoms with van der Waals surface area (Å²) in [4.78, 5) is 38.1. The van der Waals surface area contributed by atoms with Crippen LogP contribution in [0.2, 0.25) is 0 Å². The van der Waals surface area contributed by atoms with E-state index in [1.54, 1.807) is 4.90 Å². The first-order valence-electron chi connectivity index (χ1n) is 13.4. The molecule has 2 N–H and O–H groups in total. The average Bonchev–Trinajstić information content (AvgIpc) is 2.94. The molecule has 1 aliphatic carbocycles. The lowest BCUT2D eigenvalue weighted by atomic mass is 9.81. The van der Waals surface area contributed by atoms with Crippen LogP contribution in [0.3, 0.4) is 0 Å². The van der Waals surface area contributed by atoms with Crippen LogP contribution in [0.1, 0.15) is 64.4 Å². The largest absolute Gasteiger partial charge is 0.468 e. The molecule has 1 aliphatic heterocycles. The van der Waals surface area contributed by atoms with Crippen molar-refractivity contribution in [1.82, 2.24) is 15.5 Å². The molecule has 0 radical (unpaired) electrons. The number of rotatable bonds is 9. The second-order valence-electron chi connectivity index (χ2n) is 8.94. The number of hydrogen-bond donors (Lipinski definition) is 2. The molecule has 8 heteroatoms. The van der Waals surface area contributed by atoms with Gasteiger partial charge in [-0.3, -0.25) is 14.4 Å². The third-order valence-electron chi connectivity index (χ3n) is 6.36. The number of methoxy groups -OCH3 is 1. The number of carbonyl (C=O) groups excluding carboxylic acids is 3. The van der Waals surface area contributed by atoms with Crippen molar-refractivity contribution in [1.29, 1.82) is 0 Å². The van der Waals surface area contributed by atoms with Gasteiger partial charge in [-0.1, -0.05) is 76.3 Å². The Labute approximate surface area is 217 Å². The smallest absolute Gasteiger partial charge is 0.325 e. The third kappa shape index (κ3) is 13.0. The summed E-state index contributed by atoms with van der Waals surface area (Å²) in [5.41, 5.74) is 1.33. The lowest BCUT2D eigenvalue weighted by Crippen LogP contribution is -2.43. The van der Waals surface area contributed by atoms with Gasteiger partial charge in [0.2, 0.25) is 11.8 Å². The Kier molecular flexibility index (Phi) is 17.3. The normalized spacial score (nSPS) is 16.4. The minimum atomic E-state index is -0.482. The maximum Gasteiger partial charge on any atom is 0.325 e. The van der Waals surface area contributed by atoms with Crippen LogP contribution in [0, 0.1) is 11.8 Å². The van der Waals surface area contributed by atoms with Gasteiger partial charge in [0.1, 0.15) is 6.54 Å². The van der Waals surface area contributed by atoms with Gasteiger partial charge in [-0.05, 0) is 24.9 Å². The van der Waals surface area contributed by atoms with Crippen LogP contribution < -0.4 is 10.6 Å². The first-order valence-corrected chi connectivity index (χ1v) is 13.4. The number of esters is 1. The zero-order chi connectivity index (χ0) is 26.6. The Morgan fingerprint density at radius 3 is 2.28 bits per heavy atom. The van der Waals surface area contributed by atoms with Crippen molar-refractivity contribution in [2.75, 3.05) is 47.0 Å². The molecule has 1 aromatic carbocycles. The van der Waals surface area contributed by atoms with Crippen molar-refractivity contribution in [3.63, 3.8) is 0 Å². The number of ether oxygens (including phenoxy) is 2. The van der Waals surface area contributed by atoms with Crippen LogP contribution >= 0.6 is 0 Å². The summed E-state index contributed by atoms with van der Waals surface area (Å²) in [5, 5.41) is 5.71. The molecule has 0 spiro atoms. The van der Waals surface area contributed by atoms with E-state index in [0.29, 0.717) is 38.6 Å². The molecule has 0 aromatic heterocycles. The van der Waals surface area contributed by atoms with Crippen molar-refractivity contribution in [3.8, 4) is 0 Å². The van der Waals surface area contributed by atoms with Crippen LogP contribution in [-0.4, -0.2) is 69.7 Å². The standard InChI is InChI=1S/C18H30N2O5.C8H11N.C2H6/c1-24-17(22)13-19-18(23)15(11-14-5-3-2-4-6-14)12-16(21)20-7-9-25-10-8-20;1-9-7-8-5-3-2-4-6-8;1-2/h14-15H,2-13H2,1H3,(H,19,23);2-6,9H,7H2,1H3;1-2H3/t15-;;/m1../s1. The zero-order valence-electron chi connectivity index (χ0n) is 22.7. The second-order valence-corrected chi connectivity index (χ2v) is 8.94. The van der Waals surface area contributed by atoms with E-state index in [1.165, 1.54) is 31.9 Å². The van der Waals surface area contributed by atoms with Crippen molar-refractivity contribution < 1.29 is 23.9 Å². The van der Waals surface area contributed by atoms with Gasteiger partial charge in [0.25, 0.3) is 0 Å². The number of nitrogens with zero attached hydrogens (tertiary/aromatic N) is 1. The van der Waals surface area contributed by atoms with Crippen LogP contribution in [0.25, 0.3) is 0 Å². The molecule has 204 valence electrons. The maximum atomic E-state index is 12.5. The van der Waals surface area contributed by atoms with E-state index in [-0.39, 0.29) is 30.7 Å². The van der Waals surface area contributed by atoms with Gasteiger partial charge < -0.3 is 25.0 Å². The molecule has 0 bridgehead atoms. The minimum absolute atomic E-state index is 0.00247. The first kappa shape index (κ1) is 31.6. The highest BCUT2D eigenvalue weighted by atomic mass is 16.5. The van der Waals surface area contributed by atoms with E-state index in [1.807, 2.05) is 39.1 Å². The summed E-state index contributed by atoms with van der Waals surface area (Å²) >= 11 is 0. The van der Waals surface area contributed by atoms with Gasteiger partial charge >= 0.3 is 5.97 Å². The lowest BCUT2D eigenvalue weighted by Gasteiger charge is -2.30. The summed E-state index contributed by atoms with van der Waals surface area (Å²) in [7, 11) is 3.24. The molecule has 2 amide bonds.